The van der Waals surface area contributed by atoms with Crippen LogP contribution in [0.2, 0.25) is 0 Å². The molecule has 2 saturated heterocycles. The van der Waals surface area contributed by atoms with Crippen molar-refractivity contribution in [1.82, 2.24) is 10.2 Å². The zero-order valence-electron chi connectivity index (χ0n) is 11.4. The first-order valence-electron chi connectivity index (χ1n) is 6.91. The molecular formula is C13H22N2O4. The van der Waals surface area contributed by atoms with Gasteiger partial charge in [-0.05, 0) is 19.4 Å². The fourth-order valence-electron chi connectivity index (χ4n) is 2.94. The molecule has 2 fully saturated rings. The van der Waals surface area contributed by atoms with E-state index in [1.165, 1.54) is 0 Å². The van der Waals surface area contributed by atoms with E-state index >= 15 is 0 Å². The van der Waals surface area contributed by atoms with Crippen LogP contribution in [-0.4, -0.2) is 60.8 Å². The van der Waals surface area contributed by atoms with Gasteiger partial charge in [0.15, 0.2) is 0 Å². The summed E-state index contributed by atoms with van der Waals surface area (Å²) in [6.45, 7) is 5.03. The van der Waals surface area contributed by atoms with Crippen molar-refractivity contribution in [2.24, 2.45) is 5.41 Å². The summed E-state index contributed by atoms with van der Waals surface area (Å²) in [5, 5.41) is 12.1. The van der Waals surface area contributed by atoms with Gasteiger partial charge in [0.1, 0.15) is 0 Å². The summed E-state index contributed by atoms with van der Waals surface area (Å²) in [6, 6.07) is 0. The van der Waals surface area contributed by atoms with Gasteiger partial charge in [0.2, 0.25) is 5.91 Å². The second-order valence-electron chi connectivity index (χ2n) is 5.40. The molecule has 0 aliphatic carbocycles. The number of nitrogens with one attached hydrogen (secondary N) is 1. The Labute approximate surface area is 113 Å². The topological polar surface area (TPSA) is 78.9 Å². The summed E-state index contributed by atoms with van der Waals surface area (Å²) in [6.07, 6.45) is 1.27. The summed E-state index contributed by atoms with van der Waals surface area (Å²) >= 11 is 0. The molecule has 2 aliphatic rings. The minimum atomic E-state index is -0.882. The second kappa shape index (κ2) is 5.88. The number of rotatable bonds is 4. The van der Waals surface area contributed by atoms with Crippen LogP contribution < -0.4 is 5.32 Å². The standard InChI is InChI=1S/C13H22N2O4/c1-2-13(3-4-14-9-13)12(18)15-5-6-19-10(8-15)7-11(16)17/h10,14H,2-9H2,1H3,(H,16,17). The Balaban J connectivity index is 2.00. The quantitative estimate of drug-likeness (QED) is 0.756. The maximum atomic E-state index is 12.7. The van der Waals surface area contributed by atoms with Crippen LogP contribution in [0.4, 0.5) is 0 Å². The number of ether oxygens (including phenoxy) is 1. The average Bonchev–Trinajstić information content (AvgIpc) is 2.87. The minimum absolute atomic E-state index is 0.0405. The molecule has 108 valence electrons. The molecule has 2 aliphatic heterocycles. The lowest BCUT2D eigenvalue weighted by molar-refractivity contribution is -0.153. The number of aliphatic carboxylic acids is 1. The smallest absolute Gasteiger partial charge is 0.306 e. The fraction of sp³-hybridized carbons (Fsp3) is 0.846. The number of hydrogen-bond donors (Lipinski definition) is 2. The van der Waals surface area contributed by atoms with Crippen molar-refractivity contribution in [3.63, 3.8) is 0 Å². The largest absolute Gasteiger partial charge is 0.481 e. The second-order valence-corrected chi connectivity index (χ2v) is 5.40. The van der Waals surface area contributed by atoms with E-state index < -0.39 is 5.97 Å². The van der Waals surface area contributed by atoms with Crippen LogP contribution in [0.5, 0.6) is 0 Å². The molecule has 19 heavy (non-hydrogen) atoms. The number of morpholine rings is 1. The average molecular weight is 270 g/mol. The molecule has 2 N–H and O–H groups in total. The molecule has 0 aromatic rings. The molecule has 6 heteroatoms. The van der Waals surface area contributed by atoms with E-state index in [1.807, 2.05) is 6.92 Å². The highest BCUT2D eigenvalue weighted by Crippen LogP contribution is 2.32. The zero-order valence-corrected chi connectivity index (χ0v) is 11.4. The van der Waals surface area contributed by atoms with E-state index in [9.17, 15) is 9.59 Å². The van der Waals surface area contributed by atoms with E-state index in [2.05, 4.69) is 5.32 Å². The fourth-order valence-corrected chi connectivity index (χ4v) is 2.94. The van der Waals surface area contributed by atoms with Gasteiger partial charge < -0.3 is 20.1 Å². The molecule has 0 spiro atoms. The van der Waals surface area contributed by atoms with E-state index in [1.54, 1.807) is 4.90 Å². The number of carbonyl (C=O) groups excluding carboxylic acids is 1. The molecule has 2 rings (SSSR count). The molecular weight excluding hydrogens is 248 g/mol. The Morgan fingerprint density at radius 1 is 1.53 bits per heavy atom. The Morgan fingerprint density at radius 3 is 2.89 bits per heavy atom. The van der Waals surface area contributed by atoms with E-state index in [4.69, 9.17) is 9.84 Å². The molecule has 0 aromatic heterocycles. The number of amides is 1. The van der Waals surface area contributed by atoms with Crippen molar-refractivity contribution in [2.45, 2.75) is 32.3 Å². The van der Waals surface area contributed by atoms with Crippen molar-refractivity contribution < 1.29 is 19.4 Å². The highest BCUT2D eigenvalue weighted by atomic mass is 16.5. The number of nitrogens with zero attached hydrogens (tertiary/aromatic N) is 1. The van der Waals surface area contributed by atoms with Gasteiger partial charge in [-0.2, -0.15) is 0 Å². The van der Waals surface area contributed by atoms with Gasteiger partial charge in [-0.25, -0.2) is 0 Å². The maximum Gasteiger partial charge on any atom is 0.306 e. The first kappa shape index (κ1) is 14.3. The van der Waals surface area contributed by atoms with E-state index in [0.29, 0.717) is 19.7 Å². The van der Waals surface area contributed by atoms with Crippen molar-refractivity contribution in [1.29, 1.82) is 0 Å². The van der Waals surface area contributed by atoms with Gasteiger partial charge in [0.05, 0.1) is 24.5 Å². The van der Waals surface area contributed by atoms with E-state index in [-0.39, 0.29) is 23.8 Å². The minimum Gasteiger partial charge on any atom is -0.481 e. The van der Waals surface area contributed by atoms with Crippen molar-refractivity contribution in [2.75, 3.05) is 32.8 Å². The summed E-state index contributed by atoms with van der Waals surface area (Å²) in [4.78, 5) is 25.2. The predicted molar refractivity (Wildman–Crippen MR) is 68.8 cm³/mol. The van der Waals surface area contributed by atoms with Gasteiger partial charge in [-0.1, -0.05) is 6.92 Å². The van der Waals surface area contributed by atoms with E-state index in [0.717, 1.165) is 25.9 Å². The van der Waals surface area contributed by atoms with Crippen LogP contribution in [0.3, 0.4) is 0 Å². The first-order valence-corrected chi connectivity index (χ1v) is 6.91. The van der Waals surface area contributed by atoms with Gasteiger partial charge in [0, 0.05) is 19.6 Å². The molecule has 0 bridgehead atoms. The lowest BCUT2D eigenvalue weighted by Crippen LogP contribution is -2.52. The third kappa shape index (κ3) is 3.06. The highest BCUT2D eigenvalue weighted by molar-refractivity contribution is 5.83. The lowest BCUT2D eigenvalue weighted by atomic mass is 9.82. The number of carboxylic acid groups (broad SMARTS) is 1. The Morgan fingerprint density at radius 2 is 2.32 bits per heavy atom. The summed E-state index contributed by atoms with van der Waals surface area (Å²) in [5.74, 6) is -0.731. The van der Waals surface area contributed by atoms with Crippen molar-refractivity contribution >= 4 is 11.9 Å². The molecule has 1 amide bonds. The monoisotopic (exact) mass is 270 g/mol. The van der Waals surface area contributed by atoms with Crippen LogP contribution in [-0.2, 0) is 14.3 Å². The number of carboxylic acids is 1. The SMILES string of the molecule is CCC1(C(=O)N2CCOC(CC(=O)O)C2)CCNC1. The Bertz CT molecular complexity index is 353. The molecule has 0 aromatic carbocycles. The van der Waals surface area contributed by atoms with Gasteiger partial charge >= 0.3 is 5.97 Å². The van der Waals surface area contributed by atoms with Gasteiger partial charge in [-0.3, -0.25) is 9.59 Å². The van der Waals surface area contributed by atoms with Gasteiger partial charge in [-0.15, -0.1) is 0 Å². The van der Waals surface area contributed by atoms with Crippen LogP contribution >= 0.6 is 0 Å². The molecule has 0 saturated carbocycles. The number of hydrogen-bond acceptors (Lipinski definition) is 4. The third-order valence-electron chi connectivity index (χ3n) is 4.20. The van der Waals surface area contributed by atoms with Crippen molar-refractivity contribution in [3.8, 4) is 0 Å². The van der Waals surface area contributed by atoms with Gasteiger partial charge in [0.25, 0.3) is 0 Å². The summed E-state index contributed by atoms with van der Waals surface area (Å²) in [7, 11) is 0. The number of carbonyl (C=O) groups is 2. The van der Waals surface area contributed by atoms with Crippen LogP contribution in [0.25, 0.3) is 0 Å². The maximum absolute atomic E-state index is 12.7. The highest BCUT2D eigenvalue weighted by Gasteiger charge is 2.43. The molecule has 0 radical (unpaired) electrons. The first-order chi connectivity index (χ1) is 9.07. The molecule has 2 unspecified atom stereocenters. The Kier molecular flexibility index (Phi) is 4.42. The lowest BCUT2D eigenvalue weighted by Gasteiger charge is -2.38. The molecule has 2 atom stereocenters. The van der Waals surface area contributed by atoms with Crippen LogP contribution in [0.15, 0.2) is 0 Å². The zero-order chi connectivity index (χ0) is 13.9. The van der Waals surface area contributed by atoms with Crippen LogP contribution in [0, 0.1) is 5.41 Å². The molecule has 2 heterocycles. The van der Waals surface area contributed by atoms with Crippen LogP contribution in [0.1, 0.15) is 26.2 Å². The Hall–Kier alpha value is -1.14. The third-order valence-corrected chi connectivity index (χ3v) is 4.20. The summed E-state index contributed by atoms with van der Waals surface area (Å²) in [5.41, 5.74) is -0.300. The summed E-state index contributed by atoms with van der Waals surface area (Å²) < 4.78 is 5.41. The van der Waals surface area contributed by atoms with Crippen molar-refractivity contribution in [3.05, 3.63) is 0 Å². The predicted octanol–water partition coefficient (Wildman–Crippen LogP) is 0.0782. The normalized spacial score (nSPS) is 31.4. The molecule has 6 nitrogen and oxygen atoms in total.